The highest BCUT2D eigenvalue weighted by Gasteiger charge is 2.28. The van der Waals surface area contributed by atoms with E-state index in [1.807, 2.05) is 12.1 Å². The molecule has 1 heterocycles. The summed E-state index contributed by atoms with van der Waals surface area (Å²) >= 11 is 0. The van der Waals surface area contributed by atoms with Crippen molar-refractivity contribution in [3.8, 4) is 0 Å². The van der Waals surface area contributed by atoms with Crippen molar-refractivity contribution in [1.29, 1.82) is 0 Å². The number of unbranched alkanes of at least 4 members (excludes halogenated alkanes) is 6. The van der Waals surface area contributed by atoms with E-state index in [1.165, 1.54) is 37.0 Å². The van der Waals surface area contributed by atoms with Gasteiger partial charge in [0, 0.05) is 24.9 Å². The first-order valence-electron chi connectivity index (χ1n) is 9.82. The molecule has 0 atom stereocenters. The van der Waals surface area contributed by atoms with Crippen molar-refractivity contribution in [2.45, 2.75) is 71.3 Å². The molecule has 5 heteroatoms. The van der Waals surface area contributed by atoms with Gasteiger partial charge in [-0.25, -0.2) is 0 Å². The minimum atomic E-state index is -0.119. The lowest BCUT2D eigenvalue weighted by Gasteiger charge is -2.14. The fraction of sp³-hybridized carbons (Fsp3) is 0.571. The van der Waals surface area contributed by atoms with Crippen LogP contribution in [0.4, 0.5) is 0 Å². The maximum absolute atomic E-state index is 12.1. The number of carbonyl (C=O) groups is 3. The van der Waals surface area contributed by atoms with Crippen LogP contribution in [0.15, 0.2) is 24.3 Å². The van der Waals surface area contributed by atoms with Crippen LogP contribution in [0.2, 0.25) is 0 Å². The fourth-order valence-electron chi connectivity index (χ4n) is 3.13. The van der Waals surface area contributed by atoms with E-state index >= 15 is 0 Å². The number of nitrogens with zero attached hydrogens (tertiary/aromatic N) is 1. The van der Waals surface area contributed by atoms with Gasteiger partial charge in [-0.15, -0.1) is 0 Å². The summed E-state index contributed by atoms with van der Waals surface area (Å²) in [6.45, 7) is 3.20. The predicted molar refractivity (Wildman–Crippen MR) is 102 cm³/mol. The number of rotatable bonds is 11. The second-order valence-corrected chi connectivity index (χ2v) is 6.95. The molecule has 1 aliphatic rings. The van der Waals surface area contributed by atoms with Crippen molar-refractivity contribution in [2.75, 3.05) is 6.54 Å². The smallest absolute Gasteiger partial charge is 0.251 e. The fourth-order valence-corrected chi connectivity index (χ4v) is 3.13. The van der Waals surface area contributed by atoms with Crippen LogP contribution in [0.3, 0.4) is 0 Å². The average molecular weight is 358 g/mol. The summed E-state index contributed by atoms with van der Waals surface area (Å²) in [6.07, 6.45) is 9.17. The van der Waals surface area contributed by atoms with Gasteiger partial charge in [-0.05, 0) is 24.1 Å². The van der Waals surface area contributed by atoms with E-state index in [2.05, 4.69) is 12.2 Å². The summed E-state index contributed by atoms with van der Waals surface area (Å²) in [6, 6.07) is 7.12. The summed E-state index contributed by atoms with van der Waals surface area (Å²) in [4.78, 5) is 36.7. The quantitative estimate of drug-likeness (QED) is 0.483. The number of benzene rings is 1. The molecule has 1 aliphatic heterocycles. The maximum atomic E-state index is 12.1. The van der Waals surface area contributed by atoms with Crippen LogP contribution in [0.5, 0.6) is 0 Å². The van der Waals surface area contributed by atoms with E-state index in [-0.39, 0.29) is 24.3 Å². The standard InChI is InChI=1S/C21H30N2O3/c1-2-3-4-5-6-7-8-15-22-21(26)18-11-9-17(10-12-18)16-23-19(24)13-14-20(23)25/h9-12H,2-8,13-16H2,1H3,(H,22,26). The molecule has 1 aromatic carbocycles. The Balaban J connectivity index is 1.68. The lowest BCUT2D eigenvalue weighted by atomic mass is 10.1. The normalized spacial score (nSPS) is 14.1. The summed E-state index contributed by atoms with van der Waals surface area (Å²) in [5.41, 5.74) is 1.47. The number of amides is 3. The highest BCUT2D eigenvalue weighted by molar-refractivity contribution is 6.01. The van der Waals surface area contributed by atoms with E-state index in [1.54, 1.807) is 12.1 Å². The van der Waals surface area contributed by atoms with Crippen LogP contribution >= 0.6 is 0 Å². The van der Waals surface area contributed by atoms with Gasteiger partial charge >= 0.3 is 0 Å². The Kier molecular flexibility index (Phi) is 8.32. The topological polar surface area (TPSA) is 66.5 Å². The van der Waals surface area contributed by atoms with Crippen molar-refractivity contribution in [1.82, 2.24) is 10.2 Å². The molecule has 1 aromatic rings. The van der Waals surface area contributed by atoms with Crippen LogP contribution in [0.25, 0.3) is 0 Å². The average Bonchev–Trinajstić information content (AvgIpc) is 2.96. The molecular weight excluding hydrogens is 328 g/mol. The zero-order chi connectivity index (χ0) is 18.8. The molecule has 3 amide bonds. The van der Waals surface area contributed by atoms with Crippen LogP contribution in [0.1, 0.15) is 80.6 Å². The van der Waals surface area contributed by atoms with Gasteiger partial charge in [0.2, 0.25) is 11.8 Å². The van der Waals surface area contributed by atoms with E-state index < -0.39 is 0 Å². The number of imide groups is 1. The largest absolute Gasteiger partial charge is 0.352 e. The molecule has 0 aliphatic carbocycles. The lowest BCUT2D eigenvalue weighted by Crippen LogP contribution is -2.28. The number of nitrogens with one attached hydrogen (secondary N) is 1. The molecule has 5 nitrogen and oxygen atoms in total. The van der Waals surface area contributed by atoms with Gasteiger partial charge in [0.15, 0.2) is 0 Å². The molecule has 142 valence electrons. The summed E-state index contributed by atoms with van der Waals surface area (Å²) in [5.74, 6) is -0.311. The van der Waals surface area contributed by atoms with E-state index in [4.69, 9.17) is 0 Å². The van der Waals surface area contributed by atoms with Crippen molar-refractivity contribution < 1.29 is 14.4 Å². The van der Waals surface area contributed by atoms with Gasteiger partial charge in [0.05, 0.1) is 6.54 Å². The molecular formula is C21H30N2O3. The molecule has 0 saturated carbocycles. The monoisotopic (exact) mass is 358 g/mol. The molecule has 0 spiro atoms. The molecule has 2 rings (SSSR count). The summed E-state index contributed by atoms with van der Waals surface area (Å²) in [5, 5.41) is 2.95. The second kappa shape index (κ2) is 10.7. The molecule has 0 bridgehead atoms. The van der Waals surface area contributed by atoms with E-state index in [0.29, 0.717) is 24.9 Å². The Morgan fingerprint density at radius 2 is 1.50 bits per heavy atom. The van der Waals surface area contributed by atoms with Crippen molar-refractivity contribution >= 4 is 17.7 Å². The SMILES string of the molecule is CCCCCCCCCNC(=O)c1ccc(CN2C(=O)CCC2=O)cc1. The van der Waals surface area contributed by atoms with Crippen LogP contribution in [-0.4, -0.2) is 29.2 Å². The number of carbonyl (C=O) groups excluding carboxylic acids is 3. The van der Waals surface area contributed by atoms with Gasteiger partial charge in [-0.1, -0.05) is 57.6 Å². The first-order chi connectivity index (χ1) is 12.6. The number of hydrogen-bond donors (Lipinski definition) is 1. The second-order valence-electron chi connectivity index (χ2n) is 6.95. The summed E-state index contributed by atoms with van der Waals surface area (Å²) < 4.78 is 0. The van der Waals surface area contributed by atoms with Gasteiger partial charge in [-0.2, -0.15) is 0 Å². The predicted octanol–water partition coefficient (Wildman–Crippen LogP) is 3.82. The molecule has 1 N–H and O–H groups in total. The Morgan fingerprint density at radius 3 is 2.12 bits per heavy atom. The van der Waals surface area contributed by atoms with Crippen molar-refractivity contribution in [2.24, 2.45) is 0 Å². The minimum Gasteiger partial charge on any atom is -0.352 e. The third-order valence-electron chi connectivity index (χ3n) is 4.78. The zero-order valence-corrected chi connectivity index (χ0v) is 15.8. The lowest BCUT2D eigenvalue weighted by molar-refractivity contribution is -0.139. The Bertz CT molecular complexity index is 594. The first-order valence-corrected chi connectivity index (χ1v) is 9.82. The van der Waals surface area contributed by atoms with Crippen molar-refractivity contribution in [3.63, 3.8) is 0 Å². The van der Waals surface area contributed by atoms with Gasteiger partial charge in [0.25, 0.3) is 5.91 Å². The van der Waals surface area contributed by atoms with E-state index in [0.717, 1.165) is 18.4 Å². The molecule has 0 aromatic heterocycles. The highest BCUT2D eigenvalue weighted by atomic mass is 16.2. The molecule has 1 fully saturated rings. The van der Waals surface area contributed by atoms with Gasteiger partial charge < -0.3 is 5.32 Å². The van der Waals surface area contributed by atoms with E-state index in [9.17, 15) is 14.4 Å². The Morgan fingerprint density at radius 1 is 0.923 bits per heavy atom. The van der Waals surface area contributed by atoms with Gasteiger partial charge in [-0.3, -0.25) is 19.3 Å². The zero-order valence-electron chi connectivity index (χ0n) is 15.8. The van der Waals surface area contributed by atoms with Crippen molar-refractivity contribution in [3.05, 3.63) is 35.4 Å². The Labute approximate surface area is 156 Å². The maximum Gasteiger partial charge on any atom is 0.251 e. The highest BCUT2D eigenvalue weighted by Crippen LogP contribution is 2.16. The molecule has 0 unspecified atom stereocenters. The van der Waals surface area contributed by atoms with Crippen LogP contribution in [0, 0.1) is 0 Å². The molecule has 26 heavy (non-hydrogen) atoms. The number of likely N-dealkylation sites (tertiary alicyclic amines) is 1. The first kappa shape index (κ1) is 20.1. The third-order valence-corrected chi connectivity index (χ3v) is 4.78. The molecule has 0 radical (unpaired) electrons. The molecule has 1 saturated heterocycles. The van der Waals surface area contributed by atoms with Crippen LogP contribution in [-0.2, 0) is 16.1 Å². The van der Waals surface area contributed by atoms with Crippen LogP contribution < -0.4 is 5.32 Å². The number of hydrogen-bond acceptors (Lipinski definition) is 3. The van der Waals surface area contributed by atoms with Gasteiger partial charge in [0.1, 0.15) is 0 Å². The Hall–Kier alpha value is -2.17. The summed E-state index contributed by atoms with van der Waals surface area (Å²) in [7, 11) is 0. The minimum absolute atomic E-state index is 0.0733. The third kappa shape index (κ3) is 6.28.